The summed E-state index contributed by atoms with van der Waals surface area (Å²) in [5, 5.41) is 9.35. The maximum Gasteiger partial charge on any atom is 0.341 e. The van der Waals surface area contributed by atoms with Crippen molar-refractivity contribution in [2.45, 2.75) is 52.0 Å². The summed E-state index contributed by atoms with van der Waals surface area (Å²) in [6.45, 7) is 5.90. The highest BCUT2D eigenvalue weighted by molar-refractivity contribution is 5.87. The van der Waals surface area contributed by atoms with E-state index in [9.17, 15) is 23.5 Å². The number of alkyl halides is 2. The lowest BCUT2D eigenvalue weighted by Crippen LogP contribution is -2.44. The van der Waals surface area contributed by atoms with Gasteiger partial charge in [-0.25, -0.2) is 22.9 Å². The second-order valence-electron chi connectivity index (χ2n) is 8.83. The van der Waals surface area contributed by atoms with Gasteiger partial charge in [0, 0.05) is 11.7 Å². The molecule has 1 N–H and O–H groups in total. The lowest BCUT2D eigenvalue weighted by Gasteiger charge is -2.42. The Kier molecular flexibility index (Phi) is 5.10. The fraction of sp³-hybridized carbons (Fsp3) is 0.500. The third-order valence-corrected chi connectivity index (χ3v) is 6.42. The van der Waals surface area contributed by atoms with Gasteiger partial charge in [0.25, 0.3) is 6.43 Å². The molecule has 0 saturated heterocycles. The number of ether oxygens (including phenoxy) is 1. The molecule has 4 rings (SSSR count). The van der Waals surface area contributed by atoms with Crippen LogP contribution in [-0.2, 0) is 12.0 Å². The third kappa shape index (κ3) is 3.49. The van der Waals surface area contributed by atoms with Crippen molar-refractivity contribution in [1.82, 2.24) is 9.55 Å². The average Bonchev–Trinajstić information content (AvgIpc) is 3.52. The Morgan fingerprint density at radius 1 is 1.39 bits per heavy atom. The van der Waals surface area contributed by atoms with Crippen molar-refractivity contribution in [1.29, 1.82) is 0 Å². The van der Waals surface area contributed by atoms with E-state index in [0.717, 1.165) is 19.0 Å². The molecule has 1 aliphatic carbocycles. The summed E-state index contributed by atoms with van der Waals surface area (Å²) in [5.74, 6) is -2.67. The molecule has 2 aromatic heterocycles. The lowest BCUT2D eigenvalue weighted by molar-refractivity contribution is 0.0692. The maximum atomic E-state index is 15.2. The molecule has 1 atom stereocenters. The SMILES string of the molecule is CC(C)[C@]1(C)Cc2cc(OCC3CC3)c(C(F)F)nc2-c2c(F)c(=O)c(C(=O)O)cn21. The molecular formula is C22H23F3N2O4. The van der Waals surface area contributed by atoms with Gasteiger partial charge < -0.3 is 14.4 Å². The van der Waals surface area contributed by atoms with Crippen molar-refractivity contribution in [3.63, 3.8) is 0 Å². The first-order valence-corrected chi connectivity index (χ1v) is 10.2. The molecule has 1 saturated carbocycles. The van der Waals surface area contributed by atoms with Crippen molar-refractivity contribution < 1.29 is 27.8 Å². The zero-order chi connectivity index (χ0) is 22.7. The predicted molar refractivity (Wildman–Crippen MR) is 106 cm³/mol. The first-order chi connectivity index (χ1) is 14.5. The Morgan fingerprint density at radius 2 is 2.06 bits per heavy atom. The Morgan fingerprint density at radius 3 is 2.61 bits per heavy atom. The van der Waals surface area contributed by atoms with Crippen molar-refractivity contribution >= 4 is 5.97 Å². The lowest BCUT2D eigenvalue weighted by atomic mass is 9.78. The van der Waals surface area contributed by atoms with Gasteiger partial charge in [-0.05, 0) is 49.7 Å². The van der Waals surface area contributed by atoms with Crippen LogP contribution in [0.25, 0.3) is 11.4 Å². The Bertz CT molecular complexity index is 1120. The summed E-state index contributed by atoms with van der Waals surface area (Å²) in [6, 6.07) is 1.46. The summed E-state index contributed by atoms with van der Waals surface area (Å²) in [7, 11) is 0. The smallest absolute Gasteiger partial charge is 0.341 e. The molecule has 1 aliphatic heterocycles. The molecule has 2 aromatic rings. The monoisotopic (exact) mass is 436 g/mol. The van der Waals surface area contributed by atoms with Crippen molar-refractivity contribution in [2.75, 3.05) is 6.61 Å². The van der Waals surface area contributed by atoms with Crippen LogP contribution in [0.15, 0.2) is 17.1 Å². The Hall–Kier alpha value is -2.84. The van der Waals surface area contributed by atoms with Crippen molar-refractivity contribution in [2.24, 2.45) is 11.8 Å². The van der Waals surface area contributed by atoms with E-state index in [2.05, 4.69) is 4.98 Å². The van der Waals surface area contributed by atoms with Crippen LogP contribution < -0.4 is 10.2 Å². The number of pyridine rings is 2. The summed E-state index contributed by atoms with van der Waals surface area (Å²) >= 11 is 0. The van der Waals surface area contributed by atoms with Crippen LogP contribution in [-0.4, -0.2) is 27.2 Å². The number of hydrogen-bond donors (Lipinski definition) is 1. The van der Waals surface area contributed by atoms with Crippen LogP contribution in [0.3, 0.4) is 0 Å². The number of carbonyl (C=O) groups is 1. The highest BCUT2D eigenvalue weighted by Gasteiger charge is 2.41. The van der Waals surface area contributed by atoms with Crippen LogP contribution in [0.4, 0.5) is 13.2 Å². The number of nitrogens with zero attached hydrogens (tertiary/aromatic N) is 2. The van der Waals surface area contributed by atoms with Crippen LogP contribution >= 0.6 is 0 Å². The standard InChI is InChI=1S/C22H23F3N2O4/c1-10(2)22(3)7-12-6-14(31-9-11-4-5-11)17(20(24)25)26-16(12)18-15(23)19(28)13(21(29)30)8-27(18)22/h6,8,10-11,20H,4-5,7,9H2,1-3H3,(H,29,30)/t22-/m0/s1. The average molecular weight is 436 g/mol. The minimum absolute atomic E-state index is 0.0369. The van der Waals surface area contributed by atoms with Crippen molar-refractivity contribution in [3.8, 4) is 17.1 Å². The fourth-order valence-corrected chi connectivity index (χ4v) is 3.96. The number of fused-ring (bicyclic) bond motifs is 3. The Labute approximate surface area is 176 Å². The van der Waals surface area contributed by atoms with Gasteiger partial charge in [-0.15, -0.1) is 0 Å². The molecule has 3 heterocycles. The highest BCUT2D eigenvalue weighted by Crippen LogP contribution is 2.44. The van der Waals surface area contributed by atoms with E-state index in [1.165, 1.54) is 10.6 Å². The number of carboxylic acid groups (broad SMARTS) is 1. The molecule has 0 bridgehead atoms. The number of hydrogen-bond acceptors (Lipinski definition) is 4. The molecule has 0 unspecified atom stereocenters. The number of aromatic carboxylic acids is 1. The zero-order valence-corrected chi connectivity index (χ0v) is 17.4. The van der Waals surface area contributed by atoms with Gasteiger partial charge in [0.15, 0.2) is 5.82 Å². The van der Waals surface area contributed by atoms with Gasteiger partial charge >= 0.3 is 5.97 Å². The summed E-state index contributed by atoms with van der Waals surface area (Å²) in [6.07, 6.45) is 0.389. The minimum Gasteiger partial charge on any atom is -0.491 e. The van der Waals surface area contributed by atoms with Gasteiger partial charge in [-0.1, -0.05) is 13.8 Å². The van der Waals surface area contributed by atoms with E-state index in [4.69, 9.17) is 4.74 Å². The van der Waals surface area contributed by atoms with E-state index >= 15 is 4.39 Å². The molecule has 0 aromatic carbocycles. The molecular weight excluding hydrogens is 413 g/mol. The van der Waals surface area contributed by atoms with E-state index in [0.29, 0.717) is 18.1 Å². The molecule has 1 fully saturated rings. The number of carboxylic acids is 1. The third-order valence-electron chi connectivity index (χ3n) is 6.42. The Balaban J connectivity index is 1.98. The predicted octanol–water partition coefficient (Wildman–Crippen LogP) is 4.40. The van der Waals surface area contributed by atoms with E-state index < -0.39 is 40.4 Å². The largest absolute Gasteiger partial charge is 0.491 e. The molecule has 31 heavy (non-hydrogen) atoms. The topological polar surface area (TPSA) is 81.4 Å². The summed E-state index contributed by atoms with van der Waals surface area (Å²) < 4.78 is 49.7. The molecule has 0 radical (unpaired) electrons. The van der Waals surface area contributed by atoms with Gasteiger partial charge in [0.2, 0.25) is 5.43 Å². The maximum absolute atomic E-state index is 15.2. The van der Waals surface area contributed by atoms with E-state index in [-0.39, 0.29) is 29.5 Å². The normalized spacial score (nSPS) is 20.0. The van der Waals surface area contributed by atoms with Crippen LogP contribution in [0.1, 0.15) is 61.7 Å². The molecule has 2 aliphatic rings. The van der Waals surface area contributed by atoms with Crippen molar-refractivity contribution in [3.05, 3.63) is 45.1 Å². The van der Waals surface area contributed by atoms with Crippen LogP contribution in [0.2, 0.25) is 0 Å². The molecule has 0 amide bonds. The highest BCUT2D eigenvalue weighted by atomic mass is 19.3. The number of halogens is 3. The van der Waals surface area contributed by atoms with E-state index in [1.807, 2.05) is 20.8 Å². The van der Waals surface area contributed by atoms with Gasteiger partial charge in [0.1, 0.15) is 22.7 Å². The fourth-order valence-electron chi connectivity index (χ4n) is 3.96. The summed E-state index contributed by atoms with van der Waals surface area (Å²) in [5.41, 5.74) is -3.33. The first kappa shape index (κ1) is 21.4. The second kappa shape index (κ2) is 7.39. The molecule has 6 nitrogen and oxygen atoms in total. The number of aromatic nitrogens is 2. The van der Waals surface area contributed by atoms with Gasteiger partial charge in [0.05, 0.1) is 12.3 Å². The van der Waals surface area contributed by atoms with Gasteiger partial charge in [-0.3, -0.25) is 4.79 Å². The van der Waals surface area contributed by atoms with Crippen LogP contribution in [0, 0.1) is 17.7 Å². The van der Waals surface area contributed by atoms with Crippen LogP contribution in [0.5, 0.6) is 5.75 Å². The number of rotatable bonds is 6. The molecule has 0 spiro atoms. The molecule has 9 heteroatoms. The first-order valence-electron chi connectivity index (χ1n) is 10.2. The van der Waals surface area contributed by atoms with Gasteiger partial charge in [-0.2, -0.15) is 0 Å². The quantitative estimate of drug-likeness (QED) is 0.726. The molecule has 166 valence electrons. The zero-order valence-electron chi connectivity index (χ0n) is 17.4. The second-order valence-corrected chi connectivity index (χ2v) is 8.83. The minimum atomic E-state index is -2.96. The summed E-state index contributed by atoms with van der Waals surface area (Å²) in [4.78, 5) is 27.9. The van der Waals surface area contributed by atoms with E-state index in [1.54, 1.807) is 0 Å².